The number of ketones is 1. The molecule has 2 aliphatic carbocycles. The lowest BCUT2D eigenvalue weighted by atomic mass is 9.70. The third-order valence-electron chi connectivity index (χ3n) is 6.94. The molecule has 0 amide bonds. The summed E-state index contributed by atoms with van der Waals surface area (Å²) in [6.45, 7) is 6.68. The zero-order valence-corrected chi connectivity index (χ0v) is 17.8. The highest BCUT2D eigenvalue weighted by Gasteiger charge is 2.33. The summed E-state index contributed by atoms with van der Waals surface area (Å²) in [5.74, 6) is 0.964. The van der Waals surface area contributed by atoms with E-state index in [1.807, 2.05) is 12.1 Å². The van der Waals surface area contributed by atoms with Gasteiger partial charge in [0.2, 0.25) is 0 Å². The van der Waals surface area contributed by atoms with Crippen molar-refractivity contribution in [2.45, 2.75) is 84.5 Å². The van der Waals surface area contributed by atoms with Crippen molar-refractivity contribution >= 4 is 11.8 Å². The van der Waals surface area contributed by atoms with Crippen molar-refractivity contribution in [1.82, 2.24) is 0 Å². The lowest BCUT2D eigenvalue weighted by molar-refractivity contribution is -0.149. The van der Waals surface area contributed by atoms with E-state index in [1.54, 1.807) is 0 Å². The molecule has 0 spiro atoms. The number of rotatable bonds is 5. The van der Waals surface area contributed by atoms with E-state index in [4.69, 9.17) is 4.74 Å². The second-order valence-corrected chi connectivity index (χ2v) is 9.90. The molecule has 0 bridgehead atoms. The summed E-state index contributed by atoms with van der Waals surface area (Å²) in [5.41, 5.74) is 2.28. The molecule has 0 unspecified atom stereocenters. The molecule has 2 aliphatic rings. The van der Waals surface area contributed by atoms with Gasteiger partial charge in [-0.15, -0.1) is 0 Å². The average molecular weight is 385 g/mol. The standard InChI is InChI=1S/C25H36O3/c1-25(2,3)22-15-13-21(14-16-22)24(27)28-17-23(26)20-11-9-19(10-12-20)18-7-5-4-6-8-18/h9-12,18,21-22H,4-8,13-17H2,1-3H3. The van der Waals surface area contributed by atoms with Crippen molar-refractivity contribution in [3.63, 3.8) is 0 Å². The minimum Gasteiger partial charge on any atom is -0.457 e. The van der Waals surface area contributed by atoms with Crippen LogP contribution in [0.3, 0.4) is 0 Å². The molecule has 0 radical (unpaired) electrons. The van der Waals surface area contributed by atoms with Crippen molar-refractivity contribution in [3.8, 4) is 0 Å². The topological polar surface area (TPSA) is 43.4 Å². The lowest BCUT2D eigenvalue weighted by Gasteiger charge is -2.36. The fraction of sp³-hybridized carbons (Fsp3) is 0.680. The Bertz CT molecular complexity index is 654. The van der Waals surface area contributed by atoms with E-state index in [0.717, 1.165) is 25.7 Å². The number of carbonyl (C=O) groups excluding carboxylic acids is 2. The van der Waals surface area contributed by atoms with Gasteiger partial charge >= 0.3 is 5.97 Å². The maximum Gasteiger partial charge on any atom is 0.309 e. The van der Waals surface area contributed by atoms with Crippen LogP contribution >= 0.6 is 0 Å². The van der Waals surface area contributed by atoms with Crippen molar-refractivity contribution in [2.75, 3.05) is 6.61 Å². The highest BCUT2D eigenvalue weighted by molar-refractivity contribution is 5.98. The molecule has 3 rings (SSSR count). The molecule has 28 heavy (non-hydrogen) atoms. The van der Waals surface area contributed by atoms with Gasteiger partial charge in [-0.05, 0) is 61.3 Å². The highest BCUT2D eigenvalue weighted by atomic mass is 16.5. The van der Waals surface area contributed by atoms with E-state index in [2.05, 4.69) is 32.9 Å². The van der Waals surface area contributed by atoms with Crippen LogP contribution in [0.25, 0.3) is 0 Å². The molecule has 0 saturated heterocycles. The SMILES string of the molecule is CC(C)(C)C1CCC(C(=O)OCC(=O)c2ccc(C3CCCCC3)cc2)CC1. The Kier molecular flexibility index (Phi) is 6.95. The van der Waals surface area contributed by atoms with Crippen molar-refractivity contribution in [1.29, 1.82) is 0 Å². The average Bonchev–Trinajstić information content (AvgIpc) is 2.72. The Labute approximate surface area is 170 Å². The number of ether oxygens (including phenoxy) is 1. The molecule has 1 aromatic rings. The summed E-state index contributed by atoms with van der Waals surface area (Å²) in [6, 6.07) is 7.96. The Morgan fingerprint density at radius 1 is 0.893 bits per heavy atom. The van der Waals surface area contributed by atoms with Gasteiger partial charge in [0.05, 0.1) is 5.92 Å². The number of hydrogen-bond donors (Lipinski definition) is 0. The Morgan fingerprint density at radius 2 is 1.50 bits per heavy atom. The van der Waals surface area contributed by atoms with Crippen molar-refractivity contribution in [2.24, 2.45) is 17.3 Å². The van der Waals surface area contributed by atoms with E-state index in [1.165, 1.54) is 37.7 Å². The molecule has 154 valence electrons. The minimum atomic E-state index is -0.195. The number of carbonyl (C=O) groups is 2. The third kappa shape index (κ3) is 5.46. The zero-order chi connectivity index (χ0) is 20.1. The molecule has 0 aliphatic heterocycles. The number of Topliss-reactive ketones (excluding diaryl/α,β-unsaturated/α-hetero) is 1. The molecule has 0 aromatic heterocycles. The Morgan fingerprint density at radius 3 is 2.07 bits per heavy atom. The van der Waals surface area contributed by atoms with Gasteiger partial charge in [0.25, 0.3) is 0 Å². The second kappa shape index (κ2) is 9.24. The molecule has 0 atom stereocenters. The fourth-order valence-electron chi connectivity index (χ4n) is 4.91. The van der Waals surface area contributed by atoms with Crippen LogP contribution in [0.2, 0.25) is 0 Å². The maximum atomic E-state index is 12.4. The fourth-order valence-corrected chi connectivity index (χ4v) is 4.91. The van der Waals surface area contributed by atoms with E-state index in [-0.39, 0.29) is 24.3 Å². The summed E-state index contributed by atoms with van der Waals surface area (Å²) in [6.07, 6.45) is 10.4. The first-order valence-corrected chi connectivity index (χ1v) is 11.1. The molecule has 1 aromatic carbocycles. The number of esters is 1. The quantitative estimate of drug-likeness (QED) is 0.441. The second-order valence-electron chi connectivity index (χ2n) is 9.90. The smallest absolute Gasteiger partial charge is 0.309 e. The van der Waals surface area contributed by atoms with E-state index >= 15 is 0 Å². The predicted molar refractivity (Wildman–Crippen MR) is 112 cm³/mol. The van der Waals surface area contributed by atoms with Gasteiger partial charge in [0, 0.05) is 5.56 Å². The van der Waals surface area contributed by atoms with Gasteiger partial charge < -0.3 is 4.74 Å². The minimum absolute atomic E-state index is 0.0416. The monoisotopic (exact) mass is 384 g/mol. The van der Waals surface area contributed by atoms with Gasteiger partial charge in [-0.1, -0.05) is 64.3 Å². The molecule has 2 saturated carbocycles. The predicted octanol–water partition coefficient (Wildman–Crippen LogP) is 6.31. The maximum absolute atomic E-state index is 12.4. The van der Waals surface area contributed by atoms with Crippen LogP contribution in [0.1, 0.15) is 100 Å². The first-order chi connectivity index (χ1) is 13.3. The molecule has 3 heteroatoms. The van der Waals surface area contributed by atoms with Gasteiger partial charge in [-0.3, -0.25) is 9.59 Å². The molecule has 0 heterocycles. The number of hydrogen-bond acceptors (Lipinski definition) is 3. The first-order valence-electron chi connectivity index (χ1n) is 11.1. The lowest BCUT2D eigenvalue weighted by Crippen LogP contribution is -2.30. The van der Waals surface area contributed by atoms with Gasteiger partial charge in [0.1, 0.15) is 0 Å². The Hall–Kier alpha value is -1.64. The van der Waals surface area contributed by atoms with Crippen LogP contribution in [-0.4, -0.2) is 18.4 Å². The molecule has 2 fully saturated rings. The molecular weight excluding hydrogens is 348 g/mol. The zero-order valence-electron chi connectivity index (χ0n) is 17.8. The van der Waals surface area contributed by atoms with E-state index in [9.17, 15) is 9.59 Å². The molecule has 3 nitrogen and oxygen atoms in total. The van der Waals surface area contributed by atoms with Gasteiger partial charge in [0.15, 0.2) is 12.4 Å². The largest absolute Gasteiger partial charge is 0.457 e. The summed E-state index contributed by atoms with van der Waals surface area (Å²) >= 11 is 0. The summed E-state index contributed by atoms with van der Waals surface area (Å²) in [5, 5.41) is 0. The Balaban J connectivity index is 1.45. The normalized spacial score (nSPS) is 24.0. The third-order valence-corrected chi connectivity index (χ3v) is 6.94. The van der Waals surface area contributed by atoms with Crippen LogP contribution in [0.15, 0.2) is 24.3 Å². The highest BCUT2D eigenvalue weighted by Crippen LogP contribution is 2.40. The van der Waals surface area contributed by atoms with Crippen LogP contribution in [-0.2, 0) is 9.53 Å². The van der Waals surface area contributed by atoms with Crippen molar-refractivity contribution < 1.29 is 14.3 Å². The van der Waals surface area contributed by atoms with Crippen LogP contribution in [0.4, 0.5) is 0 Å². The summed E-state index contributed by atoms with van der Waals surface area (Å²) in [7, 11) is 0. The van der Waals surface area contributed by atoms with Crippen molar-refractivity contribution in [3.05, 3.63) is 35.4 Å². The number of benzene rings is 1. The van der Waals surface area contributed by atoms with Gasteiger partial charge in [-0.25, -0.2) is 0 Å². The summed E-state index contributed by atoms with van der Waals surface area (Å²) in [4.78, 5) is 24.8. The molecular formula is C25H36O3. The van der Waals surface area contributed by atoms with Crippen LogP contribution in [0.5, 0.6) is 0 Å². The summed E-state index contributed by atoms with van der Waals surface area (Å²) < 4.78 is 5.38. The first kappa shape index (κ1) is 21.1. The molecule has 0 N–H and O–H groups in total. The van der Waals surface area contributed by atoms with E-state index < -0.39 is 0 Å². The van der Waals surface area contributed by atoms with Crippen LogP contribution < -0.4 is 0 Å². The van der Waals surface area contributed by atoms with Gasteiger partial charge in [-0.2, -0.15) is 0 Å². The van der Waals surface area contributed by atoms with E-state index in [0.29, 0.717) is 22.8 Å². The van der Waals surface area contributed by atoms with Crippen LogP contribution in [0, 0.1) is 17.3 Å².